The van der Waals surface area contributed by atoms with Crippen LogP contribution in [0.3, 0.4) is 0 Å². The van der Waals surface area contributed by atoms with Crippen molar-refractivity contribution in [1.82, 2.24) is 4.98 Å². The van der Waals surface area contributed by atoms with Crippen LogP contribution in [0.5, 0.6) is 5.75 Å². The Morgan fingerprint density at radius 1 is 1.35 bits per heavy atom. The zero-order chi connectivity index (χ0) is 14.5. The Morgan fingerprint density at radius 2 is 2.05 bits per heavy atom. The molecule has 1 aromatic heterocycles. The van der Waals surface area contributed by atoms with Crippen LogP contribution < -0.4 is 4.74 Å². The second kappa shape index (κ2) is 6.49. The first-order valence-electron chi connectivity index (χ1n) is 6.34. The van der Waals surface area contributed by atoms with E-state index in [0.29, 0.717) is 18.8 Å². The summed E-state index contributed by atoms with van der Waals surface area (Å²) >= 11 is 1.50. The Labute approximate surface area is 121 Å². The zero-order valence-corrected chi connectivity index (χ0v) is 12.2. The summed E-state index contributed by atoms with van der Waals surface area (Å²) in [6, 6.07) is 8.05. The van der Waals surface area contributed by atoms with Gasteiger partial charge in [-0.25, -0.2) is 9.37 Å². The minimum Gasteiger partial charge on any atom is -0.486 e. The summed E-state index contributed by atoms with van der Waals surface area (Å²) < 4.78 is 18.4. The quantitative estimate of drug-likeness (QED) is 0.834. The van der Waals surface area contributed by atoms with Crippen molar-refractivity contribution in [3.8, 4) is 11.8 Å². The second-order valence-corrected chi connectivity index (χ2v) is 5.82. The molecule has 2 rings (SSSR count). The van der Waals surface area contributed by atoms with Gasteiger partial charge in [0, 0.05) is 4.88 Å². The number of thiazole rings is 1. The van der Waals surface area contributed by atoms with Gasteiger partial charge in [0.05, 0.1) is 18.2 Å². The van der Waals surface area contributed by atoms with Crippen molar-refractivity contribution >= 4 is 11.3 Å². The van der Waals surface area contributed by atoms with Crippen LogP contribution in [0, 0.1) is 17.1 Å². The van der Waals surface area contributed by atoms with Gasteiger partial charge in [-0.1, -0.05) is 13.8 Å². The van der Waals surface area contributed by atoms with E-state index >= 15 is 0 Å². The monoisotopic (exact) mass is 290 g/mol. The van der Waals surface area contributed by atoms with E-state index in [-0.39, 0.29) is 11.7 Å². The molecule has 0 atom stereocenters. The van der Waals surface area contributed by atoms with Gasteiger partial charge in [-0.15, -0.1) is 11.3 Å². The number of hydrogen-bond acceptors (Lipinski definition) is 4. The SMILES string of the molecule is CC(C)c1nc(COc2ccc(F)cc2)sc1CC#N. The Balaban J connectivity index is 2.08. The molecule has 0 aliphatic rings. The summed E-state index contributed by atoms with van der Waals surface area (Å²) in [5.74, 6) is 0.605. The van der Waals surface area contributed by atoms with Gasteiger partial charge in [0.15, 0.2) is 0 Å². The first-order chi connectivity index (χ1) is 9.60. The minimum atomic E-state index is -0.287. The Bertz CT molecular complexity index is 614. The van der Waals surface area contributed by atoms with Crippen molar-refractivity contribution in [3.05, 3.63) is 45.7 Å². The van der Waals surface area contributed by atoms with Gasteiger partial charge in [0.25, 0.3) is 0 Å². The van der Waals surface area contributed by atoms with E-state index in [1.165, 1.54) is 23.5 Å². The third-order valence-electron chi connectivity index (χ3n) is 2.73. The van der Waals surface area contributed by atoms with Crippen LogP contribution in [0.25, 0.3) is 0 Å². The normalized spacial score (nSPS) is 10.6. The molecule has 1 aromatic carbocycles. The van der Waals surface area contributed by atoms with E-state index in [4.69, 9.17) is 10.00 Å². The summed E-state index contributed by atoms with van der Waals surface area (Å²) in [6.45, 7) is 4.45. The van der Waals surface area contributed by atoms with Crippen LogP contribution in [-0.4, -0.2) is 4.98 Å². The van der Waals surface area contributed by atoms with Crippen LogP contribution in [-0.2, 0) is 13.0 Å². The molecule has 0 spiro atoms. The molecule has 0 N–H and O–H groups in total. The highest BCUT2D eigenvalue weighted by molar-refractivity contribution is 7.11. The molecule has 20 heavy (non-hydrogen) atoms. The van der Waals surface area contributed by atoms with E-state index in [1.807, 2.05) is 0 Å². The molecule has 2 aromatic rings. The summed E-state index contributed by atoms with van der Waals surface area (Å²) in [6.07, 6.45) is 0.377. The van der Waals surface area contributed by atoms with Crippen molar-refractivity contribution in [2.45, 2.75) is 32.8 Å². The maximum absolute atomic E-state index is 12.8. The van der Waals surface area contributed by atoms with Gasteiger partial charge in [0.1, 0.15) is 23.2 Å². The van der Waals surface area contributed by atoms with Gasteiger partial charge in [-0.05, 0) is 30.2 Å². The molecule has 0 saturated carbocycles. The third kappa shape index (κ3) is 3.55. The summed E-state index contributed by atoms with van der Waals surface area (Å²) in [4.78, 5) is 5.53. The van der Waals surface area contributed by atoms with E-state index in [2.05, 4.69) is 24.9 Å². The van der Waals surface area contributed by atoms with Crippen molar-refractivity contribution < 1.29 is 9.13 Å². The number of halogens is 1. The molecule has 0 bridgehead atoms. The van der Waals surface area contributed by atoms with E-state index < -0.39 is 0 Å². The van der Waals surface area contributed by atoms with Crippen molar-refractivity contribution in [2.75, 3.05) is 0 Å². The molecule has 104 valence electrons. The number of rotatable bonds is 5. The van der Waals surface area contributed by atoms with Gasteiger partial charge in [-0.2, -0.15) is 5.26 Å². The highest BCUT2D eigenvalue weighted by Gasteiger charge is 2.14. The Morgan fingerprint density at radius 3 is 2.65 bits per heavy atom. The van der Waals surface area contributed by atoms with E-state index in [9.17, 15) is 4.39 Å². The lowest BCUT2D eigenvalue weighted by atomic mass is 10.1. The molecule has 1 heterocycles. The van der Waals surface area contributed by atoms with Crippen LogP contribution in [0.1, 0.15) is 35.3 Å². The van der Waals surface area contributed by atoms with Crippen LogP contribution in [0.15, 0.2) is 24.3 Å². The highest BCUT2D eigenvalue weighted by atomic mass is 32.1. The fourth-order valence-electron chi connectivity index (χ4n) is 1.80. The number of nitriles is 1. The van der Waals surface area contributed by atoms with Crippen molar-refractivity contribution in [3.63, 3.8) is 0 Å². The lowest BCUT2D eigenvalue weighted by Gasteiger charge is -2.03. The minimum absolute atomic E-state index is 0.286. The zero-order valence-electron chi connectivity index (χ0n) is 11.4. The topological polar surface area (TPSA) is 45.9 Å². The van der Waals surface area contributed by atoms with E-state index in [0.717, 1.165) is 15.6 Å². The molecule has 0 fully saturated rings. The molecule has 3 nitrogen and oxygen atoms in total. The summed E-state index contributed by atoms with van der Waals surface area (Å²) in [7, 11) is 0. The average molecular weight is 290 g/mol. The van der Waals surface area contributed by atoms with Gasteiger partial charge in [0.2, 0.25) is 0 Å². The number of ether oxygens (including phenoxy) is 1. The second-order valence-electron chi connectivity index (χ2n) is 4.65. The average Bonchev–Trinajstić information content (AvgIpc) is 2.82. The molecular formula is C15H15FN2OS. The highest BCUT2D eigenvalue weighted by Crippen LogP contribution is 2.26. The summed E-state index contributed by atoms with van der Waals surface area (Å²) in [5, 5.41) is 9.67. The first-order valence-corrected chi connectivity index (χ1v) is 7.15. The number of hydrogen-bond donors (Lipinski definition) is 0. The smallest absolute Gasteiger partial charge is 0.140 e. The first kappa shape index (κ1) is 14.5. The predicted octanol–water partition coefficient (Wildman–Crippen LogP) is 4.05. The van der Waals surface area contributed by atoms with E-state index in [1.54, 1.807) is 12.1 Å². The lowest BCUT2D eigenvalue weighted by Crippen LogP contribution is -1.96. The third-order valence-corrected chi connectivity index (χ3v) is 3.78. The molecule has 0 amide bonds. The maximum Gasteiger partial charge on any atom is 0.140 e. The molecule has 5 heteroatoms. The summed E-state index contributed by atoms with van der Waals surface area (Å²) in [5.41, 5.74) is 0.967. The number of nitrogens with zero attached hydrogens (tertiary/aromatic N) is 2. The number of benzene rings is 1. The van der Waals surface area contributed by atoms with Gasteiger partial charge in [-0.3, -0.25) is 0 Å². The maximum atomic E-state index is 12.8. The fraction of sp³-hybridized carbons (Fsp3) is 0.333. The molecule has 0 aliphatic carbocycles. The molecular weight excluding hydrogens is 275 g/mol. The standard InChI is InChI=1S/C15H15FN2OS/c1-10(2)15-13(7-8-17)20-14(18-15)9-19-12-5-3-11(16)4-6-12/h3-6,10H,7,9H2,1-2H3. The van der Waals surface area contributed by atoms with Crippen LogP contribution in [0.4, 0.5) is 4.39 Å². The fourth-order valence-corrected chi connectivity index (χ4v) is 2.87. The Hall–Kier alpha value is -1.93. The molecule has 0 aliphatic heterocycles. The number of aromatic nitrogens is 1. The van der Waals surface area contributed by atoms with Crippen molar-refractivity contribution in [1.29, 1.82) is 5.26 Å². The van der Waals surface area contributed by atoms with Crippen LogP contribution in [0.2, 0.25) is 0 Å². The van der Waals surface area contributed by atoms with Gasteiger partial charge >= 0.3 is 0 Å². The van der Waals surface area contributed by atoms with Crippen molar-refractivity contribution in [2.24, 2.45) is 0 Å². The Kier molecular flexibility index (Phi) is 4.70. The molecule has 0 saturated heterocycles. The largest absolute Gasteiger partial charge is 0.486 e. The molecule has 0 radical (unpaired) electrons. The predicted molar refractivity (Wildman–Crippen MR) is 76.3 cm³/mol. The van der Waals surface area contributed by atoms with Gasteiger partial charge < -0.3 is 4.74 Å². The molecule has 0 unspecified atom stereocenters. The van der Waals surface area contributed by atoms with Crippen LogP contribution >= 0.6 is 11.3 Å². The lowest BCUT2D eigenvalue weighted by molar-refractivity contribution is 0.304.